The highest BCUT2D eigenvalue weighted by Gasteiger charge is 2.22. The van der Waals surface area contributed by atoms with Gasteiger partial charge in [0.15, 0.2) is 5.78 Å². The molecule has 0 aliphatic rings. The molecule has 1 atom stereocenters. The lowest BCUT2D eigenvalue weighted by Crippen LogP contribution is -2.30. The summed E-state index contributed by atoms with van der Waals surface area (Å²) in [4.78, 5) is 25.7. The maximum atomic E-state index is 12.6. The summed E-state index contributed by atoms with van der Waals surface area (Å²) in [6.45, 7) is 3.49. The first-order chi connectivity index (χ1) is 9.91. The van der Waals surface area contributed by atoms with Crippen molar-refractivity contribution in [2.45, 2.75) is 19.9 Å². The second-order valence-corrected chi connectivity index (χ2v) is 5.28. The van der Waals surface area contributed by atoms with Crippen LogP contribution in [0.4, 0.5) is 0 Å². The quantitative estimate of drug-likeness (QED) is 0.810. The van der Waals surface area contributed by atoms with E-state index in [1.165, 1.54) is 6.92 Å². The summed E-state index contributed by atoms with van der Waals surface area (Å²) in [5.41, 5.74) is 2.15. The molecular weight excluding hydrogens is 264 g/mol. The predicted molar refractivity (Wildman–Crippen MR) is 82.4 cm³/mol. The second kappa shape index (κ2) is 5.95. The molecule has 110 valence electrons. The fourth-order valence-corrected chi connectivity index (χ4v) is 2.28. The third-order valence-corrected chi connectivity index (χ3v) is 3.81. The smallest absolute Gasteiger partial charge is 0.270 e. The average molecular weight is 284 g/mol. The molecule has 1 heterocycles. The van der Waals surface area contributed by atoms with Gasteiger partial charge in [-0.2, -0.15) is 0 Å². The minimum Gasteiger partial charge on any atom is -0.346 e. The molecule has 21 heavy (non-hydrogen) atoms. The monoisotopic (exact) mass is 284 g/mol. The number of ketones is 1. The van der Waals surface area contributed by atoms with Crippen molar-refractivity contribution in [3.8, 4) is 0 Å². The number of aryl methyl sites for hydroxylation is 1. The SMILES string of the molecule is CC(=O)c1cc(C(=O)N(C)C(C)c2ccccc2)n(C)c1. The molecule has 4 nitrogen and oxygen atoms in total. The Hall–Kier alpha value is -2.36. The fourth-order valence-electron chi connectivity index (χ4n) is 2.28. The number of Topliss-reactive ketones (excluding diaryl/α,β-unsaturated/α-hetero) is 1. The van der Waals surface area contributed by atoms with Crippen LogP contribution in [0.25, 0.3) is 0 Å². The first-order valence-electron chi connectivity index (χ1n) is 6.91. The molecule has 4 heteroatoms. The van der Waals surface area contributed by atoms with E-state index < -0.39 is 0 Å². The third kappa shape index (κ3) is 3.05. The minimum absolute atomic E-state index is 0.0330. The summed E-state index contributed by atoms with van der Waals surface area (Å²) >= 11 is 0. The molecule has 2 aromatic rings. The van der Waals surface area contributed by atoms with E-state index >= 15 is 0 Å². The molecule has 0 bridgehead atoms. The summed E-state index contributed by atoms with van der Waals surface area (Å²) in [7, 11) is 3.56. The number of amides is 1. The standard InChI is InChI=1S/C17H20N2O2/c1-12(14-8-6-5-7-9-14)19(4)17(21)16-10-15(13(2)20)11-18(16)3/h5-12H,1-4H3. The van der Waals surface area contributed by atoms with Crippen molar-refractivity contribution in [2.75, 3.05) is 7.05 Å². The zero-order valence-electron chi connectivity index (χ0n) is 12.8. The van der Waals surface area contributed by atoms with E-state index in [-0.39, 0.29) is 17.7 Å². The van der Waals surface area contributed by atoms with E-state index in [0.717, 1.165) is 5.56 Å². The molecule has 0 N–H and O–H groups in total. The van der Waals surface area contributed by atoms with E-state index in [1.54, 1.807) is 35.8 Å². The Morgan fingerprint density at radius 1 is 1.19 bits per heavy atom. The molecule has 0 fully saturated rings. The summed E-state index contributed by atoms with van der Waals surface area (Å²) in [5, 5.41) is 0. The van der Waals surface area contributed by atoms with Crippen LogP contribution in [0.1, 0.15) is 46.3 Å². The maximum absolute atomic E-state index is 12.6. The first kappa shape index (κ1) is 15.0. The first-order valence-corrected chi connectivity index (χ1v) is 6.91. The highest BCUT2D eigenvalue weighted by Crippen LogP contribution is 2.21. The molecule has 0 saturated carbocycles. The van der Waals surface area contributed by atoms with Crippen LogP contribution in [0.2, 0.25) is 0 Å². The number of rotatable bonds is 4. The van der Waals surface area contributed by atoms with Gasteiger partial charge >= 0.3 is 0 Å². The predicted octanol–water partition coefficient (Wildman–Crippen LogP) is 3.06. The van der Waals surface area contributed by atoms with Crippen LogP contribution in [-0.4, -0.2) is 28.2 Å². The fraction of sp³-hybridized carbons (Fsp3) is 0.294. The molecule has 0 radical (unpaired) electrons. The Kier molecular flexibility index (Phi) is 4.26. The summed E-state index contributed by atoms with van der Waals surface area (Å²) < 4.78 is 1.70. The normalized spacial score (nSPS) is 12.0. The number of aromatic nitrogens is 1. The van der Waals surface area contributed by atoms with Gasteiger partial charge < -0.3 is 9.47 Å². The highest BCUT2D eigenvalue weighted by molar-refractivity contribution is 5.99. The van der Waals surface area contributed by atoms with Crippen molar-refractivity contribution in [3.05, 3.63) is 59.4 Å². The van der Waals surface area contributed by atoms with Crippen molar-refractivity contribution >= 4 is 11.7 Å². The molecule has 0 spiro atoms. The van der Waals surface area contributed by atoms with Gasteiger partial charge in [0.25, 0.3) is 5.91 Å². The average Bonchev–Trinajstić information content (AvgIpc) is 2.88. The van der Waals surface area contributed by atoms with Gasteiger partial charge in [0, 0.05) is 25.9 Å². The van der Waals surface area contributed by atoms with Gasteiger partial charge in [0.05, 0.1) is 6.04 Å². The van der Waals surface area contributed by atoms with E-state index in [9.17, 15) is 9.59 Å². The van der Waals surface area contributed by atoms with Crippen molar-refractivity contribution in [1.82, 2.24) is 9.47 Å². The molecule has 0 aliphatic heterocycles. The number of carbonyl (C=O) groups excluding carboxylic acids is 2. The van der Waals surface area contributed by atoms with Crippen molar-refractivity contribution in [1.29, 1.82) is 0 Å². The molecule has 1 aromatic carbocycles. The molecule has 1 amide bonds. The number of hydrogen-bond donors (Lipinski definition) is 0. The maximum Gasteiger partial charge on any atom is 0.270 e. The van der Waals surface area contributed by atoms with Gasteiger partial charge in [0.2, 0.25) is 0 Å². The van der Waals surface area contributed by atoms with Gasteiger partial charge in [-0.15, -0.1) is 0 Å². The Morgan fingerprint density at radius 3 is 2.33 bits per heavy atom. The van der Waals surface area contributed by atoms with E-state index in [0.29, 0.717) is 11.3 Å². The zero-order chi connectivity index (χ0) is 15.6. The van der Waals surface area contributed by atoms with Crippen molar-refractivity contribution in [2.24, 2.45) is 7.05 Å². The Morgan fingerprint density at radius 2 is 1.81 bits per heavy atom. The Bertz CT molecular complexity index is 659. The van der Waals surface area contributed by atoms with Gasteiger partial charge in [-0.3, -0.25) is 9.59 Å². The summed E-state index contributed by atoms with van der Waals surface area (Å²) in [5.74, 6) is -0.134. The lowest BCUT2D eigenvalue weighted by Gasteiger charge is -2.25. The lowest BCUT2D eigenvalue weighted by molar-refractivity contribution is 0.0733. The van der Waals surface area contributed by atoms with Crippen molar-refractivity contribution in [3.63, 3.8) is 0 Å². The number of nitrogens with zero attached hydrogens (tertiary/aromatic N) is 2. The van der Waals surface area contributed by atoms with Crippen LogP contribution < -0.4 is 0 Å². The second-order valence-electron chi connectivity index (χ2n) is 5.28. The van der Waals surface area contributed by atoms with Crippen LogP contribution in [0.5, 0.6) is 0 Å². The lowest BCUT2D eigenvalue weighted by atomic mass is 10.1. The number of carbonyl (C=O) groups is 2. The Balaban J connectivity index is 2.25. The summed E-state index contributed by atoms with van der Waals surface area (Å²) in [6.07, 6.45) is 1.69. The van der Waals surface area contributed by atoms with Gasteiger partial charge in [-0.05, 0) is 25.5 Å². The van der Waals surface area contributed by atoms with Crippen LogP contribution in [-0.2, 0) is 7.05 Å². The van der Waals surface area contributed by atoms with Crippen LogP contribution in [0, 0.1) is 0 Å². The summed E-state index contributed by atoms with van der Waals surface area (Å²) in [6, 6.07) is 11.5. The molecular formula is C17H20N2O2. The van der Waals surface area contributed by atoms with Gasteiger partial charge in [-0.1, -0.05) is 30.3 Å². The Labute approximate surface area is 125 Å². The highest BCUT2D eigenvalue weighted by atomic mass is 16.2. The molecule has 0 aliphatic carbocycles. The molecule has 1 aromatic heterocycles. The third-order valence-electron chi connectivity index (χ3n) is 3.81. The molecule has 0 saturated heterocycles. The van der Waals surface area contributed by atoms with E-state index in [1.807, 2.05) is 37.3 Å². The zero-order valence-corrected chi connectivity index (χ0v) is 12.8. The topological polar surface area (TPSA) is 42.3 Å². The van der Waals surface area contributed by atoms with Crippen LogP contribution >= 0.6 is 0 Å². The largest absolute Gasteiger partial charge is 0.346 e. The molecule has 1 unspecified atom stereocenters. The molecule has 2 rings (SSSR count). The van der Waals surface area contributed by atoms with Crippen molar-refractivity contribution < 1.29 is 9.59 Å². The van der Waals surface area contributed by atoms with Crippen LogP contribution in [0.15, 0.2) is 42.6 Å². The van der Waals surface area contributed by atoms with E-state index in [4.69, 9.17) is 0 Å². The number of hydrogen-bond acceptors (Lipinski definition) is 2. The van der Waals surface area contributed by atoms with Gasteiger partial charge in [0.1, 0.15) is 5.69 Å². The number of benzene rings is 1. The van der Waals surface area contributed by atoms with E-state index in [2.05, 4.69) is 0 Å². The van der Waals surface area contributed by atoms with Crippen LogP contribution in [0.3, 0.4) is 0 Å². The van der Waals surface area contributed by atoms with Gasteiger partial charge in [-0.25, -0.2) is 0 Å². The minimum atomic E-state index is -0.0960.